The number of nitrogens with one attached hydrogen (secondary N) is 1. The van der Waals surface area contributed by atoms with Crippen molar-refractivity contribution in [2.24, 2.45) is 0 Å². The van der Waals surface area contributed by atoms with Crippen molar-refractivity contribution >= 4 is 23.2 Å². The molecule has 1 aliphatic heterocycles. The van der Waals surface area contributed by atoms with Crippen molar-refractivity contribution in [3.8, 4) is 0 Å². The summed E-state index contributed by atoms with van der Waals surface area (Å²) in [6.07, 6.45) is 7.41. The molecule has 30 heavy (non-hydrogen) atoms. The fourth-order valence-electron chi connectivity index (χ4n) is 3.98. The minimum absolute atomic E-state index is 0.0236. The van der Waals surface area contributed by atoms with Gasteiger partial charge in [-0.25, -0.2) is 0 Å². The SMILES string of the molecule is O=C(c1noc2c1CCCC2)N1CCN(c2ccc(Nc3ccncc3)nn2)CC1. The van der Waals surface area contributed by atoms with Gasteiger partial charge in [-0.15, -0.1) is 10.2 Å². The lowest BCUT2D eigenvalue weighted by molar-refractivity contribution is 0.0735. The molecule has 1 fully saturated rings. The summed E-state index contributed by atoms with van der Waals surface area (Å²) >= 11 is 0. The number of fused-ring (bicyclic) bond motifs is 1. The van der Waals surface area contributed by atoms with Crippen molar-refractivity contribution < 1.29 is 9.32 Å². The smallest absolute Gasteiger partial charge is 0.276 e. The Morgan fingerprint density at radius 2 is 1.77 bits per heavy atom. The minimum Gasteiger partial charge on any atom is -0.360 e. The van der Waals surface area contributed by atoms with Crippen LogP contribution in [-0.2, 0) is 12.8 Å². The van der Waals surface area contributed by atoms with Gasteiger partial charge in [0.2, 0.25) is 0 Å². The summed E-state index contributed by atoms with van der Waals surface area (Å²) < 4.78 is 5.41. The topological polar surface area (TPSA) is 100 Å². The molecule has 3 aromatic heterocycles. The van der Waals surface area contributed by atoms with E-state index in [1.54, 1.807) is 12.4 Å². The molecule has 3 aromatic rings. The van der Waals surface area contributed by atoms with Crippen LogP contribution in [0.1, 0.15) is 34.7 Å². The van der Waals surface area contributed by atoms with Crippen molar-refractivity contribution in [1.82, 2.24) is 25.2 Å². The molecular weight excluding hydrogens is 382 g/mol. The van der Waals surface area contributed by atoms with E-state index in [9.17, 15) is 4.79 Å². The van der Waals surface area contributed by atoms with Crippen LogP contribution in [0.3, 0.4) is 0 Å². The Bertz CT molecular complexity index is 1010. The third-order valence-electron chi connectivity index (χ3n) is 5.65. The molecule has 1 aliphatic carbocycles. The van der Waals surface area contributed by atoms with E-state index in [-0.39, 0.29) is 5.91 Å². The molecule has 1 amide bonds. The highest BCUT2D eigenvalue weighted by Crippen LogP contribution is 2.25. The molecule has 9 heteroatoms. The average Bonchev–Trinajstić information content (AvgIpc) is 3.24. The first kappa shape index (κ1) is 18.5. The Morgan fingerprint density at radius 3 is 2.53 bits per heavy atom. The molecule has 0 unspecified atom stereocenters. The summed E-state index contributed by atoms with van der Waals surface area (Å²) in [5.74, 6) is 2.35. The number of anilines is 3. The summed E-state index contributed by atoms with van der Waals surface area (Å²) in [6.45, 7) is 2.66. The van der Waals surface area contributed by atoms with Crippen molar-refractivity contribution in [3.63, 3.8) is 0 Å². The third kappa shape index (κ3) is 3.70. The third-order valence-corrected chi connectivity index (χ3v) is 5.65. The maximum absolute atomic E-state index is 12.9. The Hall–Kier alpha value is -3.49. The number of pyridine rings is 1. The van der Waals surface area contributed by atoms with Gasteiger partial charge in [0.05, 0.1) is 0 Å². The first-order valence-corrected chi connectivity index (χ1v) is 10.3. The van der Waals surface area contributed by atoms with E-state index in [1.165, 1.54) is 0 Å². The molecule has 0 radical (unpaired) electrons. The van der Waals surface area contributed by atoms with E-state index in [1.807, 2.05) is 29.2 Å². The number of carbonyl (C=O) groups excluding carboxylic acids is 1. The molecule has 0 spiro atoms. The van der Waals surface area contributed by atoms with E-state index in [0.717, 1.165) is 48.5 Å². The molecule has 1 N–H and O–H groups in total. The molecule has 5 rings (SSSR count). The number of hydrogen-bond donors (Lipinski definition) is 1. The van der Waals surface area contributed by atoms with Crippen LogP contribution in [0.15, 0.2) is 41.2 Å². The van der Waals surface area contributed by atoms with Gasteiger partial charge in [0.25, 0.3) is 5.91 Å². The monoisotopic (exact) mass is 405 g/mol. The van der Waals surface area contributed by atoms with Gasteiger partial charge < -0.3 is 19.6 Å². The van der Waals surface area contributed by atoms with E-state index < -0.39 is 0 Å². The van der Waals surface area contributed by atoms with Gasteiger partial charge in [-0.1, -0.05) is 5.16 Å². The normalized spacial score (nSPS) is 16.3. The second kappa shape index (κ2) is 8.10. The summed E-state index contributed by atoms with van der Waals surface area (Å²) in [5.41, 5.74) is 2.43. The van der Waals surface area contributed by atoms with Gasteiger partial charge in [-0.3, -0.25) is 9.78 Å². The van der Waals surface area contributed by atoms with E-state index in [2.05, 4.69) is 30.6 Å². The lowest BCUT2D eigenvalue weighted by atomic mass is 9.96. The van der Waals surface area contributed by atoms with Crippen molar-refractivity contribution in [3.05, 3.63) is 53.7 Å². The second-order valence-electron chi connectivity index (χ2n) is 7.56. The number of aryl methyl sites for hydroxylation is 1. The molecule has 4 heterocycles. The van der Waals surface area contributed by atoms with Crippen molar-refractivity contribution in [2.45, 2.75) is 25.7 Å². The molecular formula is C21H23N7O2. The lowest BCUT2D eigenvalue weighted by Crippen LogP contribution is -2.49. The van der Waals surface area contributed by atoms with Crippen LogP contribution < -0.4 is 10.2 Å². The maximum Gasteiger partial charge on any atom is 0.276 e. The zero-order chi connectivity index (χ0) is 20.3. The highest BCUT2D eigenvalue weighted by atomic mass is 16.5. The predicted molar refractivity (Wildman–Crippen MR) is 111 cm³/mol. The van der Waals surface area contributed by atoms with Gasteiger partial charge in [0.1, 0.15) is 5.76 Å². The number of hydrogen-bond acceptors (Lipinski definition) is 8. The predicted octanol–water partition coefficient (Wildman–Crippen LogP) is 2.44. The highest BCUT2D eigenvalue weighted by molar-refractivity contribution is 5.94. The number of amides is 1. The fraction of sp³-hybridized carbons (Fsp3) is 0.381. The summed E-state index contributed by atoms with van der Waals surface area (Å²) in [4.78, 5) is 20.9. The zero-order valence-corrected chi connectivity index (χ0v) is 16.6. The van der Waals surface area contributed by atoms with Crippen LogP contribution in [-0.4, -0.2) is 57.3 Å². The first-order valence-electron chi connectivity index (χ1n) is 10.3. The Balaban J connectivity index is 1.20. The fourth-order valence-corrected chi connectivity index (χ4v) is 3.98. The Labute approximate surface area is 174 Å². The largest absolute Gasteiger partial charge is 0.360 e. The van der Waals surface area contributed by atoms with Gasteiger partial charge in [0.15, 0.2) is 17.3 Å². The molecule has 154 valence electrons. The number of nitrogens with zero attached hydrogens (tertiary/aromatic N) is 6. The van der Waals surface area contributed by atoms with Gasteiger partial charge in [-0.05, 0) is 43.5 Å². The lowest BCUT2D eigenvalue weighted by Gasteiger charge is -2.35. The Kier molecular flexibility index (Phi) is 5.00. The van der Waals surface area contributed by atoms with Crippen LogP contribution in [0.2, 0.25) is 0 Å². The van der Waals surface area contributed by atoms with Gasteiger partial charge in [-0.2, -0.15) is 0 Å². The van der Waals surface area contributed by atoms with Crippen molar-refractivity contribution in [2.75, 3.05) is 36.4 Å². The van der Waals surface area contributed by atoms with E-state index >= 15 is 0 Å². The van der Waals surface area contributed by atoms with Gasteiger partial charge in [0, 0.05) is 56.2 Å². The number of piperazine rings is 1. The van der Waals surface area contributed by atoms with Crippen LogP contribution in [0.4, 0.5) is 17.3 Å². The van der Waals surface area contributed by atoms with Crippen LogP contribution >= 0.6 is 0 Å². The second-order valence-corrected chi connectivity index (χ2v) is 7.56. The summed E-state index contributed by atoms with van der Waals surface area (Å²) in [5, 5.41) is 15.9. The van der Waals surface area contributed by atoms with Crippen LogP contribution in [0.5, 0.6) is 0 Å². The molecule has 0 atom stereocenters. The van der Waals surface area contributed by atoms with Crippen LogP contribution in [0.25, 0.3) is 0 Å². The first-order chi connectivity index (χ1) is 14.8. The summed E-state index contributed by atoms with van der Waals surface area (Å²) in [6, 6.07) is 7.60. The zero-order valence-electron chi connectivity index (χ0n) is 16.6. The van der Waals surface area contributed by atoms with Crippen LogP contribution in [0, 0.1) is 0 Å². The highest BCUT2D eigenvalue weighted by Gasteiger charge is 2.29. The van der Waals surface area contributed by atoms with E-state index in [4.69, 9.17) is 4.52 Å². The maximum atomic E-state index is 12.9. The Morgan fingerprint density at radius 1 is 0.967 bits per heavy atom. The molecule has 2 aliphatic rings. The average molecular weight is 405 g/mol. The number of rotatable bonds is 4. The molecule has 1 saturated heterocycles. The number of aromatic nitrogens is 4. The van der Waals surface area contributed by atoms with E-state index in [0.29, 0.717) is 37.7 Å². The minimum atomic E-state index is -0.0236. The molecule has 0 saturated carbocycles. The standard InChI is InChI=1S/C21H23N7O2/c29-21(20-16-3-1-2-4-17(16)30-26-20)28-13-11-27(12-14-28)19-6-5-18(24-25-19)23-15-7-9-22-10-8-15/h5-10H,1-4,11-14H2,(H,22,23,24). The molecule has 0 bridgehead atoms. The van der Waals surface area contributed by atoms with Gasteiger partial charge >= 0.3 is 0 Å². The molecule has 0 aromatic carbocycles. The number of carbonyl (C=O) groups is 1. The summed E-state index contributed by atoms with van der Waals surface area (Å²) in [7, 11) is 0. The quantitative estimate of drug-likeness (QED) is 0.706. The molecule has 9 nitrogen and oxygen atoms in total. The van der Waals surface area contributed by atoms with Crippen molar-refractivity contribution in [1.29, 1.82) is 0 Å².